The molecule has 30 heavy (non-hydrogen) atoms. The number of hydrogen-bond acceptors (Lipinski definition) is 6. The first-order valence-electron chi connectivity index (χ1n) is 9.24. The second-order valence-corrected chi connectivity index (χ2v) is 7.59. The molecule has 0 atom stereocenters. The fourth-order valence-electron chi connectivity index (χ4n) is 2.99. The van der Waals surface area contributed by atoms with E-state index < -0.39 is 17.8 Å². The third-order valence-corrected chi connectivity index (χ3v) is 5.52. The van der Waals surface area contributed by atoms with Gasteiger partial charge in [-0.25, -0.2) is 9.59 Å². The summed E-state index contributed by atoms with van der Waals surface area (Å²) in [7, 11) is 1.24. The normalized spacial score (nSPS) is 11.6. The average Bonchev–Trinajstić information content (AvgIpc) is 2.75. The molecule has 0 radical (unpaired) electrons. The van der Waals surface area contributed by atoms with Gasteiger partial charge >= 0.3 is 11.9 Å². The number of amides is 1. The molecule has 7 heteroatoms. The number of ether oxygens (including phenoxy) is 2. The van der Waals surface area contributed by atoms with Crippen molar-refractivity contribution in [3.63, 3.8) is 0 Å². The average molecular weight is 423 g/mol. The van der Waals surface area contributed by atoms with E-state index in [2.05, 4.69) is 11.9 Å². The number of nitrogens with one attached hydrogen (secondary N) is 1. The number of hydrogen-bond donors (Lipinski definition) is 1. The molecule has 1 heterocycles. The zero-order valence-electron chi connectivity index (χ0n) is 16.7. The fraction of sp³-hybridized carbons (Fsp3) is 0.174. The van der Waals surface area contributed by atoms with Crippen molar-refractivity contribution in [3.8, 4) is 0 Å². The molecule has 3 rings (SSSR count). The van der Waals surface area contributed by atoms with Crippen LogP contribution in [0.3, 0.4) is 0 Å². The third-order valence-electron chi connectivity index (χ3n) is 4.37. The van der Waals surface area contributed by atoms with Crippen LogP contribution in [0.15, 0.2) is 76.0 Å². The summed E-state index contributed by atoms with van der Waals surface area (Å²) in [5.41, 5.74) is 2.26. The SMILES string of the molecule is C=C(C)C(=O)OCCNC(=O)C(C(=O)OC)=C1c2ccccc2Sc2ccccc21. The molecular formula is C23H21NO5S. The Morgan fingerprint density at radius 2 is 1.53 bits per heavy atom. The van der Waals surface area contributed by atoms with Crippen LogP contribution in [0.5, 0.6) is 0 Å². The van der Waals surface area contributed by atoms with Gasteiger partial charge in [-0.15, -0.1) is 0 Å². The lowest BCUT2D eigenvalue weighted by Gasteiger charge is -2.24. The maximum absolute atomic E-state index is 13.0. The predicted octanol–water partition coefficient (Wildman–Crippen LogP) is 3.36. The third kappa shape index (κ3) is 4.46. The molecule has 0 saturated carbocycles. The zero-order valence-corrected chi connectivity index (χ0v) is 17.5. The molecule has 1 amide bonds. The minimum atomic E-state index is -0.738. The van der Waals surface area contributed by atoms with Gasteiger partial charge in [0.1, 0.15) is 12.2 Å². The zero-order chi connectivity index (χ0) is 21.7. The first-order valence-corrected chi connectivity index (χ1v) is 10.1. The van der Waals surface area contributed by atoms with E-state index in [1.165, 1.54) is 14.0 Å². The highest BCUT2D eigenvalue weighted by atomic mass is 32.2. The van der Waals surface area contributed by atoms with Crippen molar-refractivity contribution in [1.82, 2.24) is 5.32 Å². The van der Waals surface area contributed by atoms with Crippen LogP contribution in [0.4, 0.5) is 0 Å². The first-order chi connectivity index (χ1) is 14.4. The Bertz CT molecular complexity index is 1010. The van der Waals surface area contributed by atoms with Gasteiger partial charge in [0.05, 0.1) is 13.7 Å². The maximum atomic E-state index is 13.0. The molecule has 0 aliphatic carbocycles. The van der Waals surface area contributed by atoms with Crippen molar-refractivity contribution in [2.45, 2.75) is 16.7 Å². The first kappa shape index (κ1) is 21.4. The number of benzene rings is 2. The smallest absolute Gasteiger partial charge is 0.344 e. The monoisotopic (exact) mass is 423 g/mol. The van der Waals surface area contributed by atoms with Crippen LogP contribution in [0.2, 0.25) is 0 Å². The van der Waals surface area contributed by atoms with Gasteiger partial charge in [-0.05, 0) is 30.2 Å². The highest BCUT2D eigenvalue weighted by molar-refractivity contribution is 7.99. The van der Waals surface area contributed by atoms with Crippen LogP contribution in [0, 0.1) is 0 Å². The molecule has 0 unspecified atom stereocenters. The number of carbonyl (C=O) groups excluding carboxylic acids is 3. The van der Waals surface area contributed by atoms with Gasteiger partial charge in [0, 0.05) is 20.9 Å². The second-order valence-electron chi connectivity index (χ2n) is 6.51. The molecule has 1 N–H and O–H groups in total. The standard InChI is InChI=1S/C23H21NO5S/c1-14(2)22(26)29-13-12-24-21(25)20(23(27)28-3)19-15-8-4-6-10-17(15)30-18-11-7-5-9-16(18)19/h4-11H,1,12-13H2,2-3H3,(H,24,25). The number of methoxy groups -OCH3 is 1. The lowest BCUT2D eigenvalue weighted by Crippen LogP contribution is -2.33. The van der Waals surface area contributed by atoms with Crippen molar-refractivity contribution in [2.75, 3.05) is 20.3 Å². The number of rotatable bonds is 6. The van der Waals surface area contributed by atoms with Crippen LogP contribution in [-0.2, 0) is 23.9 Å². The van der Waals surface area contributed by atoms with E-state index in [0.717, 1.165) is 20.9 Å². The van der Waals surface area contributed by atoms with Gasteiger partial charge in [-0.2, -0.15) is 0 Å². The van der Waals surface area contributed by atoms with Crippen molar-refractivity contribution in [1.29, 1.82) is 0 Å². The topological polar surface area (TPSA) is 81.7 Å². The molecular weight excluding hydrogens is 402 g/mol. The Hall–Kier alpha value is -3.32. The molecule has 0 saturated heterocycles. The molecule has 1 aliphatic heterocycles. The fourth-order valence-corrected chi connectivity index (χ4v) is 4.08. The minimum Gasteiger partial charge on any atom is -0.465 e. The van der Waals surface area contributed by atoms with Crippen LogP contribution in [-0.4, -0.2) is 38.1 Å². The molecule has 1 aliphatic rings. The van der Waals surface area contributed by atoms with E-state index in [1.54, 1.807) is 11.8 Å². The largest absolute Gasteiger partial charge is 0.465 e. The molecule has 6 nitrogen and oxygen atoms in total. The maximum Gasteiger partial charge on any atom is 0.344 e. The molecule has 0 fully saturated rings. The van der Waals surface area contributed by atoms with Gasteiger partial charge in [0.25, 0.3) is 5.91 Å². The van der Waals surface area contributed by atoms with Crippen molar-refractivity contribution in [2.24, 2.45) is 0 Å². The number of esters is 2. The molecule has 2 aromatic carbocycles. The van der Waals surface area contributed by atoms with Gasteiger partial charge < -0.3 is 14.8 Å². The van der Waals surface area contributed by atoms with Gasteiger partial charge in [0.2, 0.25) is 0 Å². The van der Waals surface area contributed by atoms with Crippen LogP contribution in [0.25, 0.3) is 5.57 Å². The van der Waals surface area contributed by atoms with E-state index in [9.17, 15) is 14.4 Å². The summed E-state index contributed by atoms with van der Waals surface area (Å²) in [5, 5.41) is 2.64. The Balaban J connectivity index is 1.98. The van der Waals surface area contributed by atoms with Gasteiger partial charge in [-0.3, -0.25) is 4.79 Å². The number of fused-ring (bicyclic) bond motifs is 2. The summed E-state index contributed by atoms with van der Waals surface area (Å²) in [5.74, 6) is -1.87. The van der Waals surface area contributed by atoms with E-state index in [4.69, 9.17) is 9.47 Å². The van der Waals surface area contributed by atoms with E-state index in [1.807, 2.05) is 48.5 Å². The Labute approximate surface area is 179 Å². The Kier molecular flexibility index (Phi) is 6.74. The lowest BCUT2D eigenvalue weighted by atomic mass is 9.91. The summed E-state index contributed by atoms with van der Waals surface area (Å²) in [6.45, 7) is 5.05. The second kappa shape index (κ2) is 9.45. The van der Waals surface area contributed by atoms with Crippen molar-refractivity contribution in [3.05, 3.63) is 77.4 Å². The molecule has 0 aromatic heterocycles. The van der Waals surface area contributed by atoms with Crippen LogP contribution in [0.1, 0.15) is 18.1 Å². The Morgan fingerprint density at radius 3 is 2.07 bits per heavy atom. The highest BCUT2D eigenvalue weighted by Gasteiger charge is 2.30. The summed E-state index contributed by atoms with van der Waals surface area (Å²) in [4.78, 5) is 39.0. The minimum absolute atomic E-state index is 0.0375. The lowest BCUT2D eigenvalue weighted by molar-refractivity contribution is -0.140. The molecule has 154 valence electrons. The van der Waals surface area contributed by atoms with E-state index in [-0.39, 0.29) is 24.3 Å². The summed E-state index contributed by atoms with van der Waals surface area (Å²) >= 11 is 1.58. The van der Waals surface area contributed by atoms with Gasteiger partial charge in [0.15, 0.2) is 0 Å². The summed E-state index contributed by atoms with van der Waals surface area (Å²) in [6.07, 6.45) is 0. The summed E-state index contributed by atoms with van der Waals surface area (Å²) in [6, 6.07) is 15.2. The quantitative estimate of drug-likeness (QED) is 0.215. The molecule has 2 aromatic rings. The molecule has 0 bridgehead atoms. The van der Waals surface area contributed by atoms with E-state index in [0.29, 0.717) is 5.57 Å². The highest BCUT2D eigenvalue weighted by Crippen LogP contribution is 2.46. The predicted molar refractivity (Wildman–Crippen MR) is 114 cm³/mol. The molecule has 0 spiro atoms. The van der Waals surface area contributed by atoms with Gasteiger partial charge in [-0.1, -0.05) is 54.7 Å². The van der Waals surface area contributed by atoms with Crippen molar-refractivity contribution < 1.29 is 23.9 Å². The summed E-state index contributed by atoms with van der Waals surface area (Å²) < 4.78 is 9.92. The Morgan fingerprint density at radius 1 is 0.967 bits per heavy atom. The van der Waals surface area contributed by atoms with E-state index >= 15 is 0 Å². The van der Waals surface area contributed by atoms with Crippen molar-refractivity contribution >= 4 is 35.2 Å². The van der Waals surface area contributed by atoms with Crippen LogP contribution >= 0.6 is 11.8 Å². The van der Waals surface area contributed by atoms with Crippen LogP contribution < -0.4 is 5.32 Å². The number of carbonyl (C=O) groups is 3.